The third-order valence-corrected chi connectivity index (χ3v) is 6.44. The van der Waals surface area contributed by atoms with Crippen molar-refractivity contribution in [2.24, 2.45) is 0 Å². The minimum atomic E-state index is -3.69. The molecule has 0 atom stereocenters. The summed E-state index contributed by atoms with van der Waals surface area (Å²) in [6.45, 7) is 1.33. The van der Waals surface area contributed by atoms with Crippen molar-refractivity contribution in [3.63, 3.8) is 0 Å². The van der Waals surface area contributed by atoms with Crippen LogP contribution in [0, 0.1) is 0 Å². The number of nitrogens with zero attached hydrogens (tertiary/aromatic N) is 2. The van der Waals surface area contributed by atoms with Crippen LogP contribution < -0.4 is 9.64 Å². The zero-order valence-corrected chi connectivity index (χ0v) is 15.0. The molecular weight excluding hydrogens is 356 g/mol. The van der Waals surface area contributed by atoms with Gasteiger partial charge < -0.3 is 14.4 Å². The van der Waals surface area contributed by atoms with E-state index in [0.29, 0.717) is 43.5 Å². The third-order valence-electron chi connectivity index (χ3n) is 4.54. The first-order valence-electron chi connectivity index (χ1n) is 8.25. The standard InChI is InChI=1S/C18H18N2O5S/c1-19-15-4-2-3-5-17(15)25-16-7-6-13(12-14(16)18(19)21)26(22,23)20-8-10-24-11-9-20/h2-7,12H,8-11H2,1H3. The first kappa shape index (κ1) is 17.0. The van der Waals surface area contributed by atoms with Gasteiger partial charge in [0.1, 0.15) is 5.75 Å². The molecule has 1 saturated heterocycles. The van der Waals surface area contributed by atoms with Gasteiger partial charge in [-0.15, -0.1) is 0 Å². The Bertz CT molecular complexity index is 967. The Balaban J connectivity index is 1.77. The summed E-state index contributed by atoms with van der Waals surface area (Å²) in [5.74, 6) is 0.572. The smallest absolute Gasteiger partial charge is 0.261 e. The van der Waals surface area contributed by atoms with Crippen LogP contribution in [0.25, 0.3) is 0 Å². The molecule has 1 fully saturated rings. The van der Waals surface area contributed by atoms with E-state index in [2.05, 4.69) is 0 Å². The molecule has 0 bridgehead atoms. The average molecular weight is 374 g/mol. The van der Waals surface area contributed by atoms with Gasteiger partial charge in [-0.1, -0.05) is 12.1 Å². The molecule has 0 saturated carbocycles. The summed E-state index contributed by atoms with van der Waals surface area (Å²) in [7, 11) is -2.05. The largest absolute Gasteiger partial charge is 0.454 e. The molecule has 8 heteroatoms. The molecule has 1 amide bonds. The number of para-hydroxylation sites is 2. The molecule has 2 aromatic rings. The van der Waals surface area contributed by atoms with Gasteiger partial charge in [0.25, 0.3) is 5.91 Å². The predicted octanol–water partition coefficient (Wildman–Crippen LogP) is 2.09. The van der Waals surface area contributed by atoms with Crippen LogP contribution >= 0.6 is 0 Å². The van der Waals surface area contributed by atoms with Crippen molar-refractivity contribution in [1.29, 1.82) is 0 Å². The number of hydrogen-bond acceptors (Lipinski definition) is 5. The number of hydrogen-bond donors (Lipinski definition) is 0. The van der Waals surface area contributed by atoms with Crippen LogP contribution in [0.1, 0.15) is 10.4 Å². The molecule has 0 unspecified atom stereocenters. The molecule has 2 aliphatic heterocycles. The normalized spacial score (nSPS) is 17.9. The number of morpholine rings is 1. The number of amides is 1. The molecule has 7 nitrogen and oxygen atoms in total. The monoisotopic (exact) mass is 374 g/mol. The first-order valence-corrected chi connectivity index (χ1v) is 9.69. The van der Waals surface area contributed by atoms with Crippen LogP contribution in [-0.4, -0.2) is 52.0 Å². The Morgan fingerprint density at radius 3 is 2.50 bits per heavy atom. The topological polar surface area (TPSA) is 76.2 Å². The van der Waals surface area contributed by atoms with Gasteiger partial charge in [-0.25, -0.2) is 8.42 Å². The van der Waals surface area contributed by atoms with E-state index in [1.54, 1.807) is 19.2 Å². The van der Waals surface area contributed by atoms with E-state index in [1.807, 2.05) is 12.1 Å². The molecule has 0 spiro atoms. The van der Waals surface area contributed by atoms with Crippen molar-refractivity contribution in [2.75, 3.05) is 38.3 Å². The van der Waals surface area contributed by atoms with Gasteiger partial charge in [-0.3, -0.25) is 4.79 Å². The van der Waals surface area contributed by atoms with Crippen LogP contribution in [0.15, 0.2) is 47.4 Å². The fourth-order valence-electron chi connectivity index (χ4n) is 3.09. The Labute approximate surface area is 151 Å². The molecule has 0 N–H and O–H groups in total. The molecular formula is C18H18N2O5S. The number of fused-ring (bicyclic) bond motifs is 2. The molecule has 136 valence electrons. The number of benzene rings is 2. The zero-order valence-electron chi connectivity index (χ0n) is 14.2. The molecule has 0 aliphatic carbocycles. The SMILES string of the molecule is CN1C(=O)c2cc(S(=O)(=O)N3CCOCC3)ccc2Oc2ccccc21. The van der Waals surface area contributed by atoms with Crippen LogP contribution in [-0.2, 0) is 14.8 Å². The van der Waals surface area contributed by atoms with E-state index < -0.39 is 10.0 Å². The molecule has 26 heavy (non-hydrogen) atoms. The van der Waals surface area contributed by atoms with E-state index in [0.717, 1.165) is 0 Å². The van der Waals surface area contributed by atoms with Gasteiger partial charge in [0.2, 0.25) is 10.0 Å². The lowest BCUT2D eigenvalue weighted by Crippen LogP contribution is -2.40. The number of rotatable bonds is 2. The van der Waals surface area contributed by atoms with Crippen molar-refractivity contribution in [2.45, 2.75) is 4.90 Å². The second-order valence-electron chi connectivity index (χ2n) is 6.11. The van der Waals surface area contributed by atoms with E-state index in [-0.39, 0.29) is 16.4 Å². The van der Waals surface area contributed by atoms with Crippen molar-refractivity contribution >= 4 is 21.6 Å². The maximum atomic E-state index is 12.9. The first-order chi connectivity index (χ1) is 12.5. The molecule has 2 aromatic carbocycles. The van der Waals surface area contributed by atoms with Crippen LogP contribution in [0.3, 0.4) is 0 Å². The summed E-state index contributed by atoms with van der Waals surface area (Å²) in [4.78, 5) is 14.4. The average Bonchev–Trinajstić information content (AvgIpc) is 2.78. The highest BCUT2D eigenvalue weighted by molar-refractivity contribution is 7.89. The fourth-order valence-corrected chi connectivity index (χ4v) is 4.53. The summed E-state index contributed by atoms with van der Waals surface area (Å²) in [6.07, 6.45) is 0. The maximum absolute atomic E-state index is 12.9. The van der Waals surface area contributed by atoms with Gasteiger partial charge in [-0.05, 0) is 30.3 Å². The summed E-state index contributed by atoms with van der Waals surface area (Å²) in [5, 5.41) is 0. The highest BCUT2D eigenvalue weighted by atomic mass is 32.2. The van der Waals surface area contributed by atoms with E-state index in [4.69, 9.17) is 9.47 Å². The van der Waals surface area contributed by atoms with Crippen LogP contribution in [0.5, 0.6) is 11.5 Å². The van der Waals surface area contributed by atoms with Crippen molar-refractivity contribution in [1.82, 2.24) is 4.31 Å². The van der Waals surface area contributed by atoms with Gasteiger partial charge >= 0.3 is 0 Å². The van der Waals surface area contributed by atoms with Crippen molar-refractivity contribution < 1.29 is 22.7 Å². The van der Waals surface area contributed by atoms with Gasteiger partial charge in [0.15, 0.2) is 5.75 Å². The highest BCUT2D eigenvalue weighted by Crippen LogP contribution is 2.38. The summed E-state index contributed by atoms with van der Waals surface area (Å²) >= 11 is 0. The van der Waals surface area contributed by atoms with Gasteiger partial charge in [0.05, 0.1) is 29.4 Å². The lowest BCUT2D eigenvalue weighted by Gasteiger charge is -2.26. The molecule has 4 rings (SSSR count). The fraction of sp³-hybridized carbons (Fsp3) is 0.278. The lowest BCUT2D eigenvalue weighted by atomic mass is 10.2. The quantitative estimate of drug-likeness (QED) is 0.805. The number of ether oxygens (including phenoxy) is 2. The molecule has 0 radical (unpaired) electrons. The molecule has 2 aliphatic rings. The minimum Gasteiger partial charge on any atom is -0.454 e. The number of anilines is 1. The Morgan fingerprint density at radius 1 is 1.00 bits per heavy atom. The van der Waals surface area contributed by atoms with E-state index in [9.17, 15) is 13.2 Å². The van der Waals surface area contributed by atoms with Gasteiger partial charge in [0, 0.05) is 20.1 Å². The number of carbonyl (C=O) groups excluding carboxylic acids is 1. The second-order valence-corrected chi connectivity index (χ2v) is 8.05. The van der Waals surface area contributed by atoms with Crippen LogP contribution in [0.4, 0.5) is 5.69 Å². The number of carbonyl (C=O) groups is 1. The Hall–Kier alpha value is -2.42. The maximum Gasteiger partial charge on any atom is 0.261 e. The third kappa shape index (κ3) is 2.76. The zero-order chi connectivity index (χ0) is 18.3. The second kappa shape index (κ2) is 6.39. The molecule has 2 heterocycles. The van der Waals surface area contributed by atoms with Gasteiger partial charge in [-0.2, -0.15) is 4.31 Å². The van der Waals surface area contributed by atoms with Crippen molar-refractivity contribution in [3.05, 3.63) is 48.0 Å². The predicted molar refractivity (Wildman–Crippen MR) is 95.3 cm³/mol. The summed E-state index contributed by atoms with van der Waals surface area (Å²) in [6, 6.07) is 11.6. The van der Waals surface area contributed by atoms with Crippen molar-refractivity contribution in [3.8, 4) is 11.5 Å². The molecule has 0 aromatic heterocycles. The highest BCUT2D eigenvalue weighted by Gasteiger charge is 2.30. The minimum absolute atomic E-state index is 0.0782. The Morgan fingerprint density at radius 2 is 1.73 bits per heavy atom. The lowest BCUT2D eigenvalue weighted by molar-refractivity contribution is 0.0730. The van der Waals surface area contributed by atoms with Crippen LogP contribution in [0.2, 0.25) is 0 Å². The number of sulfonamides is 1. The summed E-state index contributed by atoms with van der Waals surface area (Å²) in [5.41, 5.74) is 0.851. The van der Waals surface area contributed by atoms with E-state index in [1.165, 1.54) is 27.4 Å². The summed E-state index contributed by atoms with van der Waals surface area (Å²) < 4.78 is 38.2. The van der Waals surface area contributed by atoms with E-state index >= 15 is 0 Å². The Kier molecular flexibility index (Phi) is 4.18.